The molecule has 0 spiro atoms. The number of halogens is 1. The summed E-state index contributed by atoms with van der Waals surface area (Å²) in [5, 5.41) is 21.9. The van der Waals surface area contributed by atoms with Crippen molar-refractivity contribution in [1.29, 1.82) is 0 Å². The van der Waals surface area contributed by atoms with E-state index in [1.165, 1.54) is 0 Å². The monoisotopic (exact) mass is 273 g/mol. The van der Waals surface area contributed by atoms with Gasteiger partial charge in [-0.2, -0.15) is 0 Å². The minimum absolute atomic E-state index is 0.0854. The minimum Gasteiger partial charge on any atom is -0.394 e. The van der Waals surface area contributed by atoms with Crippen LogP contribution in [-0.4, -0.2) is 33.6 Å². The molecule has 1 aromatic heterocycles. The minimum atomic E-state index is -0.663. The van der Waals surface area contributed by atoms with E-state index >= 15 is 0 Å². The summed E-state index contributed by atoms with van der Waals surface area (Å²) in [5.41, 5.74) is -0.403. The lowest BCUT2D eigenvalue weighted by Crippen LogP contribution is -2.37. The second-order valence-electron chi connectivity index (χ2n) is 3.55. The summed E-state index contributed by atoms with van der Waals surface area (Å²) < 4.78 is 0. The lowest BCUT2D eigenvalue weighted by atomic mass is 10.2. The average Bonchev–Trinajstić information content (AvgIpc) is 2.35. The van der Waals surface area contributed by atoms with Gasteiger partial charge < -0.3 is 10.4 Å². The highest BCUT2D eigenvalue weighted by molar-refractivity contribution is 6.32. The number of amides is 1. The molecule has 0 aromatic carbocycles. The number of aliphatic hydroxyl groups is 1. The highest BCUT2D eigenvalue weighted by Gasteiger charge is 2.18. The van der Waals surface area contributed by atoms with Crippen molar-refractivity contribution in [3.8, 4) is 0 Å². The van der Waals surface area contributed by atoms with Gasteiger partial charge in [0.2, 0.25) is 0 Å². The first-order chi connectivity index (χ1) is 8.49. The highest BCUT2D eigenvalue weighted by Crippen LogP contribution is 2.19. The molecule has 1 aromatic rings. The SMILES string of the molecule is CC[C@H](CO)NC(=O)c1cc([N+](=O)[O-])cnc1Cl. The van der Waals surface area contributed by atoms with Crippen LogP contribution in [0.15, 0.2) is 12.3 Å². The fourth-order valence-electron chi connectivity index (χ4n) is 1.24. The lowest BCUT2D eigenvalue weighted by molar-refractivity contribution is -0.385. The summed E-state index contributed by atoms with van der Waals surface area (Å²) in [5.74, 6) is -0.600. The Balaban J connectivity index is 2.97. The molecule has 0 bridgehead atoms. The van der Waals surface area contributed by atoms with E-state index in [0.717, 1.165) is 12.3 Å². The maximum Gasteiger partial charge on any atom is 0.288 e. The summed E-state index contributed by atoms with van der Waals surface area (Å²) in [4.78, 5) is 25.3. The normalized spacial score (nSPS) is 11.9. The number of hydrogen-bond acceptors (Lipinski definition) is 5. The van der Waals surface area contributed by atoms with Crippen LogP contribution < -0.4 is 5.32 Å². The van der Waals surface area contributed by atoms with Crippen LogP contribution in [0, 0.1) is 10.1 Å². The van der Waals surface area contributed by atoms with Crippen LogP contribution in [0.4, 0.5) is 5.69 Å². The second-order valence-corrected chi connectivity index (χ2v) is 3.91. The fourth-order valence-corrected chi connectivity index (χ4v) is 1.43. The number of nitrogens with one attached hydrogen (secondary N) is 1. The van der Waals surface area contributed by atoms with Crippen LogP contribution in [0.1, 0.15) is 23.7 Å². The van der Waals surface area contributed by atoms with Crippen molar-refractivity contribution in [2.24, 2.45) is 0 Å². The standard InChI is InChI=1S/C10H12ClN3O4/c1-2-6(5-15)13-10(16)8-3-7(14(17)18)4-12-9(8)11/h3-4,6,15H,2,5H2,1H3,(H,13,16)/t6-/m1/s1. The first kappa shape index (κ1) is 14.3. The summed E-state index contributed by atoms with van der Waals surface area (Å²) in [6.45, 7) is 1.57. The van der Waals surface area contributed by atoms with Gasteiger partial charge >= 0.3 is 0 Å². The van der Waals surface area contributed by atoms with Gasteiger partial charge in [-0.1, -0.05) is 18.5 Å². The van der Waals surface area contributed by atoms with E-state index in [0.29, 0.717) is 6.42 Å². The molecule has 0 radical (unpaired) electrons. The van der Waals surface area contributed by atoms with E-state index < -0.39 is 16.9 Å². The third-order valence-electron chi connectivity index (χ3n) is 2.33. The first-order valence-electron chi connectivity index (χ1n) is 5.21. The number of carbonyl (C=O) groups excluding carboxylic acids is 1. The van der Waals surface area contributed by atoms with E-state index in [9.17, 15) is 14.9 Å². The molecular formula is C10H12ClN3O4. The Labute approximate surface area is 108 Å². The molecule has 0 saturated carbocycles. The van der Waals surface area contributed by atoms with Gasteiger partial charge in [0.25, 0.3) is 11.6 Å². The molecule has 0 fully saturated rings. The molecular weight excluding hydrogens is 262 g/mol. The van der Waals surface area contributed by atoms with E-state index in [-0.39, 0.29) is 23.0 Å². The number of aromatic nitrogens is 1. The van der Waals surface area contributed by atoms with Crippen molar-refractivity contribution in [2.75, 3.05) is 6.61 Å². The Morgan fingerprint density at radius 2 is 2.39 bits per heavy atom. The van der Waals surface area contributed by atoms with Crippen LogP contribution in [0.5, 0.6) is 0 Å². The maximum absolute atomic E-state index is 11.8. The molecule has 0 aliphatic carbocycles. The summed E-state index contributed by atoms with van der Waals surface area (Å²) in [6, 6.07) is 0.627. The first-order valence-corrected chi connectivity index (χ1v) is 5.59. The second kappa shape index (κ2) is 6.27. The van der Waals surface area contributed by atoms with Crippen LogP contribution in [0.2, 0.25) is 5.15 Å². The molecule has 18 heavy (non-hydrogen) atoms. The topological polar surface area (TPSA) is 105 Å². The van der Waals surface area contributed by atoms with Gasteiger partial charge in [0, 0.05) is 6.07 Å². The number of nitrogens with zero attached hydrogens (tertiary/aromatic N) is 2. The zero-order chi connectivity index (χ0) is 13.7. The van der Waals surface area contributed by atoms with Gasteiger partial charge in [0.1, 0.15) is 11.3 Å². The predicted molar refractivity (Wildman–Crippen MR) is 64.5 cm³/mol. The smallest absolute Gasteiger partial charge is 0.288 e. The number of aliphatic hydroxyl groups excluding tert-OH is 1. The Hall–Kier alpha value is -1.73. The van der Waals surface area contributed by atoms with Gasteiger partial charge in [-0.25, -0.2) is 4.98 Å². The number of pyridine rings is 1. The molecule has 1 amide bonds. The lowest BCUT2D eigenvalue weighted by Gasteiger charge is -2.14. The van der Waals surface area contributed by atoms with Crippen LogP contribution >= 0.6 is 11.6 Å². The Morgan fingerprint density at radius 1 is 1.72 bits per heavy atom. The van der Waals surface area contributed by atoms with Crippen LogP contribution in [0.25, 0.3) is 0 Å². The van der Waals surface area contributed by atoms with Crippen molar-refractivity contribution in [2.45, 2.75) is 19.4 Å². The molecule has 0 aliphatic heterocycles. The third-order valence-corrected chi connectivity index (χ3v) is 2.63. The number of nitro groups is 1. The van der Waals surface area contributed by atoms with E-state index in [1.807, 2.05) is 0 Å². The molecule has 0 unspecified atom stereocenters. The van der Waals surface area contributed by atoms with Crippen molar-refractivity contribution >= 4 is 23.2 Å². The highest BCUT2D eigenvalue weighted by atomic mass is 35.5. The van der Waals surface area contributed by atoms with E-state index in [4.69, 9.17) is 16.7 Å². The average molecular weight is 274 g/mol. The summed E-state index contributed by atoms with van der Waals surface area (Å²) >= 11 is 5.71. The van der Waals surface area contributed by atoms with Gasteiger partial charge in [-0.05, 0) is 6.42 Å². The number of rotatable bonds is 5. The molecule has 0 saturated heterocycles. The molecule has 1 heterocycles. The molecule has 0 aliphatic rings. The molecule has 98 valence electrons. The van der Waals surface area contributed by atoms with Crippen LogP contribution in [0.3, 0.4) is 0 Å². The van der Waals surface area contributed by atoms with Gasteiger partial charge in [0.15, 0.2) is 0 Å². The van der Waals surface area contributed by atoms with Crippen LogP contribution in [-0.2, 0) is 0 Å². The molecule has 2 N–H and O–H groups in total. The fraction of sp³-hybridized carbons (Fsp3) is 0.400. The van der Waals surface area contributed by atoms with Crippen molar-refractivity contribution in [1.82, 2.24) is 10.3 Å². The zero-order valence-electron chi connectivity index (χ0n) is 9.59. The summed E-state index contributed by atoms with van der Waals surface area (Å²) in [6.07, 6.45) is 1.50. The molecule has 7 nitrogen and oxygen atoms in total. The number of hydrogen-bond donors (Lipinski definition) is 2. The van der Waals surface area contributed by atoms with Crippen molar-refractivity contribution in [3.05, 3.63) is 33.1 Å². The quantitative estimate of drug-likeness (QED) is 0.475. The van der Waals surface area contributed by atoms with E-state index in [2.05, 4.69) is 10.3 Å². The Morgan fingerprint density at radius 3 is 2.89 bits per heavy atom. The Kier molecular flexibility index (Phi) is 4.99. The summed E-state index contributed by atoms with van der Waals surface area (Å²) in [7, 11) is 0. The Bertz CT molecular complexity index is 462. The molecule has 1 atom stereocenters. The largest absolute Gasteiger partial charge is 0.394 e. The third kappa shape index (κ3) is 3.38. The van der Waals surface area contributed by atoms with Crippen molar-refractivity contribution < 1.29 is 14.8 Å². The number of carbonyl (C=O) groups is 1. The van der Waals surface area contributed by atoms with E-state index in [1.54, 1.807) is 6.92 Å². The predicted octanol–water partition coefficient (Wildman–Crippen LogP) is 1.14. The molecule has 8 heteroatoms. The molecule has 1 rings (SSSR count). The van der Waals surface area contributed by atoms with Gasteiger partial charge in [-0.3, -0.25) is 14.9 Å². The van der Waals surface area contributed by atoms with Crippen molar-refractivity contribution in [3.63, 3.8) is 0 Å². The van der Waals surface area contributed by atoms with Gasteiger partial charge in [0.05, 0.1) is 23.1 Å². The zero-order valence-corrected chi connectivity index (χ0v) is 10.3. The maximum atomic E-state index is 11.8. The van der Waals surface area contributed by atoms with Gasteiger partial charge in [-0.15, -0.1) is 0 Å².